The van der Waals surface area contributed by atoms with E-state index < -0.39 is 18.8 Å². The quantitative estimate of drug-likeness (QED) is 0.820. The van der Waals surface area contributed by atoms with Crippen molar-refractivity contribution in [3.63, 3.8) is 0 Å². The lowest BCUT2D eigenvalue weighted by Crippen LogP contribution is -2.39. The second kappa shape index (κ2) is 4.85. The van der Waals surface area contributed by atoms with Crippen molar-refractivity contribution in [1.82, 2.24) is 5.32 Å². The summed E-state index contributed by atoms with van der Waals surface area (Å²) in [5, 5.41) is 11.6. The molecular formula is C12H13F4NO. The van der Waals surface area contributed by atoms with E-state index in [1.54, 1.807) is 6.07 Å². The topological polar surface area (TPSA) is 32.3 Å². The van der Waals surface area contributed by atoms with Gasteiger partial charge in [0.05, 0.1) is 0 Å². The number of hydrogen-bond acceptors (Lipinski definition) is 2. The van der Waals surface area contributed by atoms with E-state index >= 15 is 0 Å². The van der Waals surface area contributed by atoms with Gasteiger partial charge < -0.3 is 10.4 Å². The third kappa shape index (κ3) is 2.81. The van der Waals surface area contributed by atoms with Crippen molar-refractivity contribution in [3.05, 3.63) is 35.1 Å². The normalized spacial score (nSPS) is 20.8. The molecule has 0 saturated heterocycles. The first-order valence-electron chi connectivity index (χ1n) is 5.64. The number of nitrogens with one attached hydrogen (secondary N) is 1. The minimum atomic E-state index is -4.61. The number of aryl methyl sites for hydroxylation is 1. The van der Waals surface area contributed by atoms with Crippen LogP contribution in [0.25, 0.3) is 0 Å². The van der Waals surface area contributed by atoms with E-state index in [1.165, 1.54) is 12.1 Å². The fourth-order valence-electron chi connectivity index (χ4n) is 2.17. The average molecular weight is 263 g/mol. The first-order valence-corrected chi connectivity index (χ1v) is 5.64. The molecule has 100 valence electrons. The van der Waals surface area contributed by atoms with Crippen LogP contribution in [0.2, 0.25) is 0 Å². The largest absolute Gasteiger partial charge is 0.415 e. The summed E-state index contributed by atoms with van der Waals surface area (Å²) >= 11 is 0. The predicted molar refractivity (Wildman–Crippen MR) is 57.5 cm³/mol. The van der Waals surface area contributed by atoms with Gasteiger partial charge in [0.1, 0.15) is 5.82 Å². The molecule has 6 heteroatoms. The summed E-state index contributed by atoms with van der Waals surface area (Å²) in [5.41, 5.74) is 1.62. The fourth-order valence-corrected chi connectivity index (χ4v) is 2.17. The van der Waals surface area contributed by atoms with Crippen molar-refractivity contribution in [2.45, 2.75) is 31.2 Å². The van der Waals surface area contributed by atoms with Crippen LogP contribution in [-0.4, -0.2) is 23.9 Å². The van der Waals surface area contributed by atoms with E-state index in [-0.39, 0.29) is 11.9 Å². The molecule has 1 aliphatic rings. The highest BCUT2D eigenvalue weighted by atomic mass is 19.4. The Kier molecular flexibility index (Phi) is 3.59. The van der Waals surface area contributed by atoms with E-state index in [9.17, 15) is 17.6 Å². The van der Waals surface area contributed by atoms with Gasteiger partial charge in [-0.2, -0.15) is 13.2 Å². The Morgan fingerprint density at radius 2 is 2.11 bits per heavy atom. The van der Waals surface area contributed by atoms with Crippen LogP contribution in [0.4, 0.5) is 17.6 Å². The van der Waals surface area contributed by atoms with Crippen molar-refractivity contribution in [2.24, 2.45) is 0 Å². The number of alkyl halides is 3. The van der Waals surface area contributed by atoms with E-state index in [0.29, 0.717) is 12.8 Å². The van der Waals surface area contributed by atoms with Gasteiger partial charge in [-0.1, -0.05) is 6.07 Å². The Morgan fingerprint density at radius 1 is 1.39 bits per heavy atom. The smallest absolute Gasteiger partial charge is 0.382 e. The number of fused-ring (bicyclic) bond motifs is 1. The Bertz CT molecular complexity index is 433. The van der Waals surface area contributed by atoms with Crippen LogP contribution in [0.15, 0.2) is 18.2 Å². The van der Waals surface area contributed by atoms with Crippen LogP contribution in [0.1, 0.15) is 23.6 Å². The highest BCUT2D eigenvalue weighted by Gasteiger charge is 2.38. The fraction of sp³-hybridized carbons (Fsp3) is 0.500. The summed E-state index contributed by atoms with van der Waals surface area (Å²) < 4.78 is 49.3. The monoisotopic (exact) mass is 263 g/mol. The summed E-state index contributed by atoms with van der Waals surface area (Å²) in [7, 11) is 0. The summed E-state index contributed by atoms with van der Waals surface area (Å²) in [6.07, 6.45) is -5.74. The minimum Gasteiger partial charge on any atom is -0.382 e. The Hall–Kier alpha value is -1.14. The number of hydrogen-bond donors (Lipinski definition) is 2. The Labute approximate surface area is 102 Å². The van der Waals surface area contributed by atoms with Gasteiger partial charge in [0.15, 0.2) is 6.10 Å². The molecule has 2 nitrogen and oxygen atoms in total. The van der Waals surface area contributed by atoms with Crippen molar-refractivity contribution >= 4 is 0 Å². The first kappa shape index (κ1) is 13.3. The van der Waals surface area contributed by atoms with Crippen LogP contribution in [0.5, 0.6) is 0 Å². The van der Waals surface area contributed by atoms with Gasteiger partial charge in [-0.3, -0.25) is 0 Å². The second-order valence-electron chi connectivity index (χ2n) is 4.40. The van der Waals surface area contributed by atoms with Crippen LogP contribution in [0, 0.1) is 5.82 Å². The average Bonchev–Trinajstić information content (AvgIpc) is 2.66. The summed E-state index contributed by atoms with van der Waals surface area (Å²) in [5.74, 6) is -0.343. The highest BCUT2D eigenvalue weighted by molar-refractivity contribution is 5.34. The molecular weight excluding hydrogens is 250 g/mol. The van der Waals surface area contributed by atoms with Crippen molar-refractivity contribution in [1.29, 1.82) is 0 Å². The van der Waals surface area contributed by atoms with Gasteiger partial charge in [0.2, 0.25) is 0 Å². The Morgan fingerprint density at radius 3 is 2.78 bits per heavy atom. The molecule has 1 aliphatic carbocycles. The lowest BCUT2D eigenvalue weighted by Gasteiger charge is -2.19. The number of rotatable bonds is 3. The van der Waals surface area contributed by atoms with Crippen LogP contribution >= 0.6 is 0 Å². The molecule has 0 amide bonds. The molecule has 0 saturated carbocycles. The van der Waals surface area contributed by atoms with Gasteiger partial charge in [-0.15, -0.1) is 0 Å². The van der Waals surface area contributed by atoms with Gasteiger partial charge >= 0.3 is 6.18 Å². The van der Waals surface area contributed by atoms with E-state index in [4.69, 9.17) is 5.11 Å². The van der Waals surface area contributed by atoms with Gasteiger partial charge in [-0.05, 0) is 36.1 Å². The van der Waals surface area contributed by atoms with Crippen molar-refractivity contribution in [2.75, 3.05) is 6.54 Å². The number of aliphatic hydroxyl groups excluding tert-OH is 1. The van der Waals surface area contributed by atoms with Crippen LogP contribution < -0.4 is 5.32 Å². The van der Waals surface area contributed by atoms with Crippen molar-refractivity contribution in [3.8, 4) is 0 Å². The summed E-state index contributed by atoms with van der Waals surface area (Å²) in [6, 6.07) is 4.02. The van der Waals surface area contributed by atoms with Crippen LogP contribution in [0.3, 0.4) is 0 Å². The molecule has 1 aromatic carbocycles. The lowest BCUT2D eigenvalue weighted by molar-refractivity contribution is -0.202. The minimum absolute atomic E-state index is 0.252. The molecule has 0 aliphatic heterocycles. The summed E-state index contributed by atoms with van der Waals surface area (Å²) in [4.78, 5) is 0. The van der Waals surface area contributed by atoms with Gasteiger partial charge in [-0.25, -0.2) is 4.39 Å². The molecule has 0 bridgehead atoms. The standard InChI is InChI=1S/C12H13F4NO/c13-8-2-3-9-7(5-8)1-4-10(9)17-6-11(18)12(14,15)16/h2-3,5,10-11,17-18H,1,4,6H2. The molecule has 0 aromatic heterocycles. The van der Waals surface area contributed by atoms with E-state index in [2.05, 4.69) is 5.32 Å². The maximum absolute atomic E-state index is 13.0. The second-order valence-corrected chi connectivity index (χ2v) is 4.40. The maximum Gasteiger partial charge on any atom is 0.415 e. The van der Waals surface area contributed by atoms with Gasteiger partial charge in [0.25, 0.3) is 0 Å². The number of halogens is 4. The molecule has 18 heavy (non-hydrogen) atoms. The maximum atomic E-state index is 13.0. The predicted octanol–water partition coefficient (Wildman–Crippen LogP) is 2.33. The van der Waals surface area contributed by atoms with Gasteiger partial charge in [0, 0.05) is 12.6 Å². The zero-order valence-corrected chi connectivity index (χ0v) is 9.47. The third-order valence-electron chi connectivity index (χ3n) is 3.12. The SMILES string of the molecule is OC(CNC1CCc2cc(F)ccc21)C(F)(F)F. The molecule has 1 aromatic rings. The third-order valence-corrected chi connectivity index (χ3v) is 3.12. The highest BCUT2D eigenvalue weighted by Crippen LogP contribution is 2.31. The molecule has 2 atom stereocenters. The number of benzene rings is 1. The molecule has 2 N–H and O–H groups in total. The number of aliphatic hydroxyl groups is 1. The molecule has 0 fully saturated rings. The zero-order chi connectivity index (χ0) is 13.3. The molecule has 2 unspecified atom stereocenters. The van der Waals surface area contributed by atoms with E-state index in [1.807, 2.05) is 0 Å². The molecule has 0 heterocycles. The molecule has 2 rings (SSSR count). The van der Waals surface area contributed by atoms with Crippen LogP contribution in [-0.2, 0) is 6.42 Å². The Balaban J connectivity index is 1.98. The summed E-state index contributed by atoms with van der Waals surface area (Å²) in [6.45, 7) is -0.551. The molecule has 0 radical (unpaired) electrons. The zero-order valence-electron chi connectivity index (χ0n) is 9.47. The molecule has 0 spiro atoms. The lowest BCUT2D eigenvalue weighted by atomic mass is 10.1. The van der Waals surface area contributed by atoms with Crippen molar-refractivity contribution < 1.29 is 22.7 Å². The van der Waals surface area contributed by atoms with E-state index in [0.717, 1.165) is 11.1 Å². The first-order chi connectivity index (χ1) is 8.38.